The van der Waals surface area contributed by atoms with Gasteiger partial charge >= 0.3 is 24.1 Å². The Labute approximate surface area is 223 Å². The maximum atomic E-state index is 13.0. The Hall–Kier alpha value is -3.83. The quantitative estimate of drug-likeness (QED) is 0.184. The number of hydrogen-bond donors (Lipinski definition) is 3. The molecule has 212 valence electrons. The second-order valence-electron chi connectivity index (χ2n) is 9.38. The van der Waals surface area contributed by atoms with E-state index in [1.807, 2.05) is 30.3 Å². The number of rotatable bonds is 14. The largest absolute Gasteiger partial charge is 0.469 e. The van der Waals surface area contributed by atoms with Crippen molar-refractivity contribution in [2.24, 2.45) is 0 Å². The van der Waals surface area contributed by atoms with Crippen molar-refractivity contribution in [3.8, 4) is 0 Å². The van der Waals surface area contributed by atoms with Gasteiger partial charge in [0, 0.05) is 13.0 Å². The number of ether oxygens (including phenoxy) is 4. The molecule has 2 unspecified atom stereocenters. The van der Waals surface area contributed by atoms with E-state index < -0.39 is 47.7 Å². The lowest BCUT2D eigenvalue weighted by molar-refractivity contribution is -0.146. The summed E-state index contributed by atoms with van der Waals surface area (Å²) in [5.74, 6) is -1.94. The Morgan fingerprint density at radius 3 is 2.13 bits per heavy atom. The molecular formula is C26H39N3O9. The van der Waals surface area contributed by atoms with Crippen molar-refractivity contribution in [3.63, 3.8) is 0 Å². The number of carbonyl (C=O) groups is 5. The first-order valence-corrected chi connectivity index (χ1v) is 12.3. The molecule has 0 bridgehead atoms. The molecule has 0 heterocycles. The predicted octanol–water partition coefficient (Wildman–Crippen LogP) is 2.59. The fourth-order valence-electron chi connectivity index (χ4n) is 3.18. The van der Waals surface area contributed by atoms with Gasteiger partial charge in [0.15, 0.2) is 0 Å². The molecule has 0 aliphatic heterocycles. The van der Waals surface area contributed by atoms with Gasteiger partial charge < -0.3 is 34.9 Å². The second kappa shape index (κ2) is 16.8. The van der Waals surface area contributed by atoms with E-state index >= 15 is 0 Å². The predicted molar refractivity (Wildman–Crippen MR) is 137 cm³/mol. The Kier molecular flexibility index (Phi) is 14.3. The van der Waals surface area contributed by atoms with Gasteiger partial charge in [-0.15, -0.1) is 0 Å². The molecule has 38 heavy (non-hydrogen) atoms. The molecule has 0 spiro atoms. The molecule has 0 radical (unpaired) electrons. The van der Waals surface area contributed by atoms with Crippen LogP contribution in [0.3, 0.4) is 0 Å². The summed E-state index contributed by atoms with van der Waals surface area (Å²) >= 11 is 0. The highest BCUT2D eigenvalue weighted by Gasteiger charge is 2.29. The van der Waals surface area contributed by atoms with Gasteiger partial charge in [0.1, 0.15) is 24.3 Å². The SMILES string of the molecule is COC(=O)CCC(NC(=O)C(CCCCNC(=O)OCc1ccccc1)NC(=O)OC(C)(C)C)C(=O)OC. The second-order valence-corrected chi connectivity index (χ2v) is 9.38. The van der Waals surface area contributed by atoms with Crippen LogP contribution in [0.4, 0.5) is 9.59 Å². The van der Waals surface area contributed by atoms with Gasteiger partial charge in [-0.3, -0.25) is 9.59 Å². The summed E-state index contributed by atoms with van der Waals surface area (Å²) in [4.78, 5) is 60.8. The van der Waals surface area contributed by atoms with Gasteiger partial charge in [-0.25, -0.2) is 14.4 Å². The van der Waals surface area contributed by atoms with Crippen LogP contribution in [0.5, 0.6) is 0 Å². The standard InChI is InChI=1S/C26H39N3O9/c1-26(2,3)38-25(34)29-19(22(31)28-20(23(32)36-5)14-15-21(30)35-4)13-9-10-16-27-24(33)37-17-18-11-7-6-8-12-18/h6-8,11-12,19-20H,9-10,13-17H2,1-5H3,(H,27,33)(H,28,31)(H,29,34). The first-order valence-electron chi connectivity index (χ1n) is 12.3. The third kappa shape index (κ3) is 14.0. The van der Waals surface area contributed by atoms with Crippen LogP contribution in [0.2, 0.25) is 0 Å². The molecular weight excluding hydrogens is 498 g/mol. The minimum absolute atomic E-state index is 0.0424. The van der Waals surface area contributed by atoms with Gasteiger partial charge in [0.05, 0.1) is 14.2 Å². The van der Waals surface area contributed by atoms with Gasteiger partial charge in [-0.2, -0.15) is 0 Å². The average molecular weight is 538 g/mol. The highest BCUT2D eigenvalue weighted by atomic mass is 16.6. The minimum Gasteiger partial charge on any atom is -0.469 e. The number of amides is 3. The van der Waals surface area contributed by atoms with Crippen molar-refractivity contribution in [3.05, 3.63) is 35.9 Å². The van der Waals surface area contributed by atoms with E-state index in [2.05, 4.69) is 20.7 Å². The molecule has 1 aromatic rings. The van der Waals surface area contributed by atoms with Crippen LogP contribution < -0.4 is 16.0 Å². The summed E-state index contributed by atoms with van der Waals surface area (Å²) in [6.45, 7) is 5.49. The Morgan fingerprint density at radius 1 is 0.842 bits per heavy atom. The van der Waals surface area contributed by atoms with Crippen LogP contribution in [0, 0.1) is 0 Å². The van der Waals surface area contributed by atoms with Gasteiger partial charge in [0.2, 0.25) is 5.91 Å². The van der Waals surface area contributed by atoms with E-state index in [1.165, 1.54) is 7.11 Å². The van der Waals surface area contributed by atoms with E-state index in [-0.39, 0.29) is 32.4 Å². The molecule has 0 saturated heterocycles. The number of unbranched alkanes of at least 4 members (excludes halogenated alkanes) is 1. The maximum absolute atomic E-state index is 13.0. The van der Waals surface area contributed by atoms with Crippen molar-refractivity contribution in [2.45, 2.75) is 77.2 Å². The molecule has 0 fully saturated rings. The summed E-state index contributed by atoms with van der Waals surface area (Å²) in [6, 6.07) is 7.09. The Morgan fingerprint density at radius 2 is 1.53 bits per heavy atom. The molecule has 0 aromatic heterocycles. The molecule has 3 amide bonds. The molecule has 0 aliphatic carbocycles. The molecule has 3 N–H and O–H groups in total. The fraction of sp³-hybridized carbons (Fsp3) is 0.577. The zero-order valence-electron chi connectivity index (χ0n) is 22.7. The van der Waals surface area contributed by atoms with Crippen LogP contribution in [0.15, 0.2) is 30.3 Å². The van der Waals surface area contributed by atoms with E-state index in [4.69, 9.17) is 14.2 Å². The number of hydrogen-bond acceptors (Lipinski definition) is 9. The molecule has 12 heteroatoms. The number of nitrogens with one attached hydrogen (secondary N) is 3. The first kappa shape index (κ1) is 32.2. The summed E-state index contributed by atoms with van der Waals surface area (Å²) in [7, 11) is 2.38. The molecule has 1 rings (SSSR count). The van der Waals surface area contributed by atoms with Crippen molar-refractivity contribution < 1.29 is 42.9 Å². The third-order valence-electron chi connectivity index (χ3n) is 5.08. The lowest BCUT2D eigenvalue weighted by Gasteiger charge is -2.25. The van der Waals surface area contributed by atoms with Gasteiger partial charge in [-0.05, 0) is 52.0 Å². The summed E-state index contributed by atoms with van der Waals surface area (Å²) < 4.78 is 19.7. The summed E-state index contributed by atoms with van der Waals surface area (Å²) in [6.07, 6.45) is -0.408. The number of carbonyl (C=O) groups excluding carboxylic acids is 5. The number of benzene rings is 1. The molecule has 0 aliphatic rings. The molecule has 12 nitrogen and oxygen atoms in total. The average Bonchev–Trinajstić information content (AvgIpc) is 2.87. The summed E-state index contributed by atoms with van der Waals surface area (Å²) in [5, 5.41) is 7.68. The van der Waals surface area contributed by atoms with E-state index in [1.54, 1.807) is 20.8 Å². The van der Waals surface area contributed by atoms with Crippen molar-refractivity contribution in [1.29, 1.82) is 0 Å². The first-order chi connectivity index (χ1) is 17.9. The van der Waals surface area contributed by atoms with E-state index in [9.17, 15) is 24.0 Å². The number of esters is 2. The van der Waals surface area contributed by atoms with Crippen LogP contribution in [-0.2, 0) is 39.9 Å². The Balaban J connectivity index is 2.65. The topological polar surface area (TPSA) is 158 Å². The van der Waals surface area contributed by atoms with Crippen molar-refractivity contribution in [2.75, 3.05) is 20.8 Å². The van der Waals surface area contributed by atoms with E-state index in [0.29, 0.717) is 12.8 Å². The third-order valence-corrected chi connectivity index (χ3v) is 5.08. The highest BCUT2D eigenvalue weighted by Crippen LogP contribution is 2.10. The zero-order chi connectivity index (χ0) is 28.6. The highest BCUT2D eigenvalue weighted by molar-refractivity contribution is 5.89. The van der Waals surface area contributed by atoms with Gasteiger partial charge in [0.25, 0.3) is 0 Å². The molecule has 2 atom stereocenters. The number of alkyl carbamates (subject to hydrolysis) is 2. The minimum atomic E-state index is -1.12. The Bertz CT molecular complexity index is 916. The molecule has 1 aromatic carbocycles. The fourth-order valence-corrected chi connectivity index (χ4v) is 3.18. The molecule has 0 saturated carbocycles. The normalized spacial score (nSPS) is 12.3. The smallest absolute Gasteiger partial charge is 0.408 e. The van der Waals surface area contributed by atoms with Crippen molar-refractivity contribution in [1.82, 2.24) is 16.0 Å². The van der Waals surface area contributed by atoms with Crippen molar-refractivity contribution >= 4 is 30.0 Å². The van der Waals surface area contributed by atoms with E-state index in [0.717, 1.165) is 12.7 Å². The lowest BCUT2D eigenvalue weighted by Crippen LogP contribution is -2.52. The van der Waals surface area contributed by atoms with Crippen LogP contribution in [0.1, 0.15) is 58.4 Å². The van der Waals surface area contributed by atoms with Gasteiger partial charge in [-0.1, -0.05) is 30.3 Å². The van der Waals surface area contributed by atoms with Crippen LogP contribution in [0.25, 0.3) is 0 Å². The lowest BCUT2D eigenvalue weighted by atomic mass is 10.1. The zero-order valence-corrected chi connectivity index (χ0v) is 22.7. The summed E-state index contributed by atoms with van der Waals surface area (Å²) in [5.41, 5.74) is 0.0751. The van der Waals surface area contributed by atoms with Crippen LogP contribution >= 0.6 is 0 Å². The number of methoxy groups -OCH3 is 2. The van der Waals surface area contributed by atoms with Crippen LogP contribution in [-0.4, -0.2) is 68.5 Å². The monoisotopic (exact) mass is 537 g/mol. The maximum Gasteiger partial charge on any atom is 0.408 e.